The predicted octanol–water partition coefficient (Wildman–Crippen LogP) is 2.57. The predicted molar refractivity (Wildman–Crippen MR) is 72.6 cm³/mol. The van der Waals surface area contributed by atoms with Gasteiger partial charge in [0.25, 0.3) is 0 Å². The maximum atomic E-state index is 12.3. The molecule has 4 nitrogen and oxygen atoms in total. The quantitative estimate of drug-likeness (QED) is 0.826. The molecule has 0 radical (unpaired) electrons. The Bertz CT molecular complexity index is 364. The molecule has 0 heterocycles. The number of carboxylic acids is 1. The summed E-state index contributed by atoms with van der Waals surface area (Å²) < 4.78 is 0. The van der Waals surface area contributed by atoms with E-state index in [1.807, 2.05) is 0 Å². The van der Waals surface area contributed by atoms with Crippen molar-refractivity contribution >= 4 is 11.9 Å². The Morgan fingerprint density at radius 1 is 1.16 bits per heavy atom. The van der Waals surface area contributed by atoms with Gasteiger partial charge in [-0.3, -0.25) is 9.59 Å². The zero-order chi connectivity index (χ0) is 14.0. The topological polar surface area (TPSA) is 66.4 Å². The first-order chi connectivity index (χ1) is 8.89. The molecule has 1 amide bonds. The zero-order valence-corrected chi connectivity index (χ0v) is 11.9. The molecular formula is C15H25NO3. The number of hydrogen-bond acceptors (Lipinski definition) is 2. The number of nitrogens with one attached hydrogen (secondary N) is 1. The summed E-state index contributed by atoms with van der Waals surface area (Å²) >= 11 is 0. The van der Waals surface area contributed by atoms with Crippen molar-refractivity contribution in [2.45, 2.75) is 64.8 Å². The normalized spacial score (nSPS) is 33.9. The van der Waals surface area contributed by atoms with Gasteiger partial charge < -0.3 is 10.4 Å². The monoisotopic (exact) mass is 267 g/mol. The first kappa shape index (κ1) is 14.4. The van der Waals surface area contributed by atoms with Gasteiger partial charge in [0, 0.05) is 12.0 Å². The molecule has 0 spiro atoms. The van der Waals surface area contributed by atoms with Crippen LogP contribution in [0.4, 0.5) is 0 Å². The van der Waals surface area contributed by atoms with E-state index in [1.54, 1.807) is 0 Å². The fraction of sp³-hybridized carbons (Fsp3) is 0.867. The Balaban J connectivity index is 1.92. The first-order valence-corrected chi connectivity index (χ1v) is 7.42. The van der Waals surface area contributed by atoms with Crippen molar-refractivity contribution in [3.8, 4) is 0 Å². The maximum absolute atomic E-state index is 12.3. The van der Waals surface area contributed by atoms with Gasteiger partial charge in [0.15, 0.2) is 0 Å². The average Bonchev–Trinajstić information content (AvgIpc) is 2.75. The number of amides is 1. The lowest BCUT2D eigenvalue weighted by atomic mass is 9.72. The second-order valence-corrected chi connectivity index (χ2v) is 6.95. The van der Waals surface area contributed by atoms with Crippen LogP contribution in [0.25, 0.3) is 0 Å². The molecule has 1 unspecified atom stereocenters. The van der Waals surface area contributed by atoms with Gasteiger partial charge in [-0.25, -0.2) is 0 Å². The minimum Gasteiger partial charge on any atom is -0.481 e. The van der Waals surface area contributed by atoms with Gasteiger partial charge in [-0.2, -0.15) is 0 Å². The standard InChI is InChI=1S/C15H25NO3/c1-15(2)8-4-5-10(9-15)13(17)16-12-7-3-6-11(12)14(18)19/h10-12H,3-9H2,1-2H3,(H,16,17)(H,18,19)/t10?,11-,12+/m0/s1. The molecular weight excluding hydrogens is 242 g/mol. The van der Waals surface area contributed by atoms with E-state index in [9.17, 15) is 9.59 Å². The highest BCUT2D eigenvalue weighted by atomic mass is 16.4. The number of rotatable bonds is 3. The van der Waals surface area contributed by atoms with Crippen molar-refractivity contribution in [1.82, 2.24) is 5.32 Å². The summed E-state index contributed by atoms with van der Waals surface area (Å²) in [6.45, 7) is 4.42. The molecule has 2 aliphatic carbocycles. The van der Waals surface area contributed by atoms with E-state index < -0.39 is 5.97 Å². The Morgan fingerprint density at radius 2 is 1.89 bits per heavy atom. The Kier molecular flexibility index (Phi) is 4.16. The molecule has 108 valence electrons. The van der Waals surface area contributed by atoms with Crippen molar-refractivity contribution in [2.24, 2.45) is 17.3 Å². The summed E-state index contributed by atoms with van der Waals surface area (Å²) in [5.74, 6) is -1.02. The van der Waals surface area contributed by atoms with Crippen molar-refractivity contribution in [1.29, 1.82) is 0 Å². The summed E-state index contributed by atoms with van der Waals surface area (Å²) in [6, 6.07) is -0.157. The first-order valence-electron chi connectivity index (χ1n) is 7.42. The molecule has 0 aromatic heterocycles. The van der Waals surface area contributed by atoms with Gasteiger partial charge in [0.2, 0.25) is 5.91 Å². The third-order valence-corrected chi connectivity index (χ3v) is 4.74. The molecule has 0 aliphatic heterocycles. The van der Waals surface area contributed by atoms with E-state index >= 15 is 0 Å². The number of carboxylic acid groups (broad SMARTS) is 1. The molecule has 4 heteroatoms. The lowest BCUT2D eigenvalue weighted by Gasteiger charge is -2.35. The molecule has 0 aromatic carbocycles. The van der Waals surface area contributed by atoms with Gasteiger partial charge in [-0.15, -0.1) is 0 Å². The highest BCUT2D eigenvalue weighted by molar-refractivity contribution is 5.80. The molecule has 2 saturated carbocycles. The average molecular weight is 267 g/mol. The fourth-order valence-corrected chi connectivity index (χ4v) is 3.65. The summed E-state index contributed by atoms with van der Waals surface area (Å²) in [4.78, 5) is 23.4. The van der Waals surface area contributed by atoms with Crippen LogP contribution in [-0.2, 0) is 9.59 Å². The lowest BCUT2D eigenvalue weighted by molar-refractivity contribution is -0.142. The van der Waals surface area contributed by atoms with Crippen molar-refractivity contribution in [3.05, 3.63) is 0 Å². The van der Waals surface area contributed by atoms with Crippen LogP contribution in [0.3, 0.4) is 0 Å². The van der Waals surface area contributed by atoms with Crippen LogP contribution in [0.1, 0.15) is 58.8 Å². The molecule has 0 aromatic rings. The Morgan fingerprint density at radius 3 is 2.53 bits per heavy atom. The third kappa shape index (κ3) is 3.48. The smallest absolute Gasteiger partial charge is 0.308 e. The highest BCUT2D eigenvalue weighted by Gasteiger charge is 2.37. The highest BCUT2D eigenvalue weighted by Crippen LogP contribution is 2.39. The van der Waals surface area contributed by atoms with E-state index in [0.717, 1.165) is 32.1 Å². The fourth-order valence-electron chi connectivity index (χ4n) is 3.65. The maximum Gasteiger partial charge on any atom is 0.308 e. The van der Waals surface area contributed by atoms with Crippen molar-refractivity contribution in [3.63, 3.8) is 0 Å². The van der Waals surface area contributed by atoms with E-state index in [-0.39, 0.29) is 29.2 Å². The Labute approximate surface area is 115 Å². The molecule has 2 N–H and O–H groups in total. The van der Waals surface area contributed by atoms with E-state index in [1.165, 1.54) is 6.42 Å². The van der Waals surface area contributed by atoms with Crippen LogP contribution in [-0.4, -0.2) is 23.0 Å². The van der Waals surface area contributed by atoms with Gasteiger partial charge in [-0.1, -0.05) is 26.7 Å². The molecule has 19 heavy (non-hydrogen) atoms. The van der Waals surface area contributed by atoms with Crippen LogP contribution in [0.2, 0.25) is 0 Å². The van der Waals surface area contributed by atoms with Crippen LogP contribution < -0.4 is 5.32 Å². The van der Waals surface area contributed by atoms with Gasteiger partial charge in [0.05, 0.1) is 5.92 Å². The summed E-state index contributed by atoms with van der Waals surface area (Å²) in [5, 5.41) is 12.1. The number of carbonyl (C=O) groups excluding carboxylic acids is 1. The molecule has 2 fully saturated rings. The summed E-state index contributed by atoms with van der Waals surface area (Å²) in [7, 11) is 0. The Hall–Kier alpha value is -1.06. The second kappa shape index (κ2) is 5.51. The SMILES string of the molecule is CC1(C)CCCC(C(=O)N[C@@H]2CCC[C@@H]2C(=O)O)C1. The largest absolute Gasteiger partial charge is 0.481 e. The van der Waals surface area contributed by atoms with Crippen molar-refractivity contribution < 1.29 is 14.7 Å². The molecule has 2 aliphatic rings. The molecule has 0 bridgehead atoms. The minimum atomic E-state index is -0.772. The van der Waals surface area contributed by atoms with Crippen LogP contribution in [0, 0.1) is 17.3 Å². The van der Waals surface area contributed by atoms with Crippen LogP contribution >= 0.6 is 0 Å². The van der Waals surface area contributed by atoms with Gasteiger partial charge in [-0.05, 0) is 37.5 Å². The molecule has 3 atom stereocenters. The zero-order valence-electron chi connectivity index (χ0n) is 11.9. The molecule has 2 rings (SSSR count). The third-order valence-electron chi connectivity index (χ3n) is 4.74. The van der Waals surface area contributed by atoms with Gasteiger partial charge in [0.1, 0.15) is 0 Å². The number of carbonyl (C=O) groups is 2. The van der Waals surface area contributed by atoms with E-state index in [2.05, 4.69) is 19.2 Å². The van der Waals surface area contributed by atoms with Crippen LogP contribution in [0.5, 0.6) is 0 Å². The van der Waals surface area contributed by atoms with E-state index in [0.29, 0.717) is 6.42 Å². The lowest BCUT2D eigenvalue weighted by Crippen LogP contribution is -2.44. The van der Waals surface area contributed by atoms with Gasteiger partial charge >= 0.3 is 5.97 Å². The summed E-state index contributed by atoms with van der Waals surface area (Å²) in [6.07, 6.45) is 6.53. The minimum absolute atomic E-state index is 0.0683. The second-order valence-electron chi connectivity index (χ2n) is 6.95. The van der Waals surface area contributed by atoms with Crippen molar-refractivity contribution in [2.75, 3.05) is 0 Å². The number of aliphatic carboxylic acids is 1. The molecule has 0 saturated heterocycles. The van der Waals surface area contributed by atoms with Crippen LogP contribution in [0.15, 0.2) is 0 Å². The van der Waals surface area contributed by atoms with E-state index in [4.69, 9.17) is 5.11 Å². The number of hydrogen-bond donors (Lipinski definition) is 2. The summed E-state index contributed by atoms with van der Waals surface area (Å²) in [5.41, 5.74) is 0.238.